The molecule has 8 nitrogen and oxygen atoms in total. The highest BCUT2D eigenvalue weighted by Gasteiger charge is 2.30. The Hall–Kier alpha value is -2.72. The van der Waals surface area contributed by atoms with Crippen LogP contribution in [0.25, 0.3) is 6.08 Å². The number of hydrogen-bond donors (Lipinski definition) is 0. The Kier molecular flexibility index (Phi) is 8.79. The smallest absolute Gasteiger partial charge is 0.344 e. The number of thioether (sulfide) groups is 1. The van der Waals surface area contributed by atoms with Crippen LogP contribution in [0.3, 0.4) is 0 Å². The monoisotopic (exact) mass is 549 g/mol. The van der Waals surface area contributed by atoms with Crippen molar-refractivity contribution in [2.24, 2.45) is 4.99 Å². The van der Waals surface area contributed by atoms with E-state index in [-0.39, 0.29) is 34.9 Å². The fraction of sp³-hybridized carbons (Fsp3) is 0.320. The number of morpholine rings is 1. The molecule has 2 aromatic rings. The largest absolute Gasteiger partial charge is 0.479 e. The zero-order valence-corrected chi connectivity index (χ0v) is 22.2. The lowest BCUT2D eigenvalue weighted by molar-refractivity contribution is -0.145. The quantitative estimate of drug-likeness (QED) is 0.354. The van der Waals surface area contributed by atoms with Crippen LogP contribution >= 0.6 is 35.0 Å². The summed E-state index contributed by atoms with van der Waals surface area (Å²) >= 11 is 13.9. The zero-order chi connectivity index (χ0) is 25.7. The van der Waals surface area contributed by atoms with Crippen molar-refractivity contribution in [3.63, 3.8) is 0 Å². The predicted octanol–water partition coefficient (Wildman–Crippen LogP) is 5.01. The van der Waals surface area contributed by atoms with Gasteiger partial charge in [-0.25, -0.2) is 9.79 Å². The molecule has 0 atom stereocenters. The number of amidine groups is 1. The Morgan fingerprint density at radius 2 is 1.83 bits per heavy atom. The van der Waals surface area contributed by atoms with E-state index in [1.807, 2.05) is 24.3 Å². The van der Waals surface area contributed by atoms with Crippen molar-refractivity contribution < 1.29 is 23.8 Å². The van der Waals surface area contributed by atoms with E-state index in [0.717, 1.165) is 37.7 Å². The summed E-state index contributed by atoms with van der Waals surface area (Å²) in [5.41, 5.74) is 2.49. The Morgan fingerprint density at radius 3 is 2.47 bits per heavy atom. The van der Waals surface area contributed by atoms with Crippen LogP contribution in [0.2, 0.25) is 10.0 Å². The van der Waals surface area contributed by atoms with Gasteiger partial charge >= 0.3 is 5.97 Å². The summed E-state index contributed by atoms with van der Waals surface area (Å²) in [5, 5.41) is 1.00. The first-order valence-electron chi connectivity index (χ1n) is 11.3. The van der Waals surface area contributed by atoms with Crippen LogP contribution in [0.1, 0.15) is 12.5 Å². The van der Waals surface area contributed by atoms with Gasteiger partial charge in [-0.3, -0.25) is 9.69 Å². The molecule has 0 N–H and O–H groups in total. The average molecular weight is 550 g/mol. The molecule has 2 aliphatic heterocycles. The third-order valence-electron chi connectivity index (χ3n) is 5.41. The predicted molar refractivity (Wildman–Crippen MR) is 143 cm³/mol. The number of benzene rings is 2. The maximum atomic E-state index is 12.8. The van der Waals surface area contributed by atoms with Crippen molar-refractivity contribution in [3.05, 3.63) is 56.9 Å². The molecule has 36 heavy (non-hydrogen) atoms. The standard InChI is InChI=1S/C25H25Cl2N3O5S/c1-3-34-22(31)15-35-23-19(26)12-16(13-20(23)27)14-21-24(32)29(2)25(36-21)28-17-4-6-18(7-5-17)30-8-10-33-11-9-30/h4-7,12-14H,3,8-11,15H2,1-2H3/b21-14-,28-25?. The van der Waals surface area contributed by atoms with Crippen molar-refractivity contribution in [1.82, 2.24) is 4.90 Å². The number of rotatable bonds is 7. The Balaban J connectivity index is 1.47. The van der Waals surface area contributed by atoms with E-state index in [2.05, 4.69) is 9.89 Å². The van der Waals surface area contributed by atoms with E-state index in [1.54, 1.807) is 32.2 Å². The first kappa shape index (κ1) is 26.3. The van der Waals surface area contributed by atoms with E-state index in [9.17, 15) is 9.59 Å². The third-order valence-corrected chi connectivity index (χ3v) is 7.03. The molecule has 1 amide bonds. The van der Waals surface area contributed by atoms with Gasteiger partial charge in [-0.2, -0.15) is 0 Å². The SMILES string of the molecule is CCOC(=O)COc1c(Cl)cc(/C=C2\SC(=Nc3ccc(N4CCOCC4)cc3)N(C)C2=O)cc1Cl. The number of carbonyl (C=O) groups is 2. The number of likely N-dealkylation sites (N-methyl/N-ethyl adjacent to an activating group) is 1. The summed E-state index contributed by atoms with van der Waals surface area (Å²) in [4.78, 5) is 33.3. The maximum absolute atomic E-state index is 12.8. The number of esters is 1. The van der Waals surface area contributed by atoms with Crippen molar-refractivity contribution >= 4 is 69.5 Å². The summed E-state index contributed by atoms with van der Waals surface area (Å²) < 4.78 is 15.7. The first-order chi connectivity index (χ1) is 17.4. The second-order valence-electron chi connectivity index (χ2n) is 7.89. The number of hydrogen-bond acceptors (Lipinski definition) is 8. The Morgan fingerprint density at radius 1 is 1.17 bits per heavy atom. The molecule has 2 aromatic carbocycles. The molecular weight excluding hydrogens is 525 g/mol. The van der Waals surface area contributed by atoms with E-state index in [0.29, 0.717) is 15.6 Å². The van der Waals surface area contributed by atoms with Crippen LogP contribution in [-0.4, -0.2) is 68.5 Å². The van der Waals surface area contributed by atoms with Crippen molar-refractivity contribution in [1.29, 1.82) is 0 Å². The van der Waals surface area contributed by atoms with Gasteiger partial charge in [-0.15, -0.1) is 0 Å². The minimum Gasteiger partial charge on any atom is -0.479 e. The molecule has 0 saturated carbocycles. The summed E-state index contributed by atoms with van der Waals surface area (Å²) in [6, 6.07) is 11.2. The minimum absolute atomic E-state index is 0.179. The minimum atomic E-state index is -0.519. The summed E-state index contributed by atoms with van der Waals surface area (Å²) in [5.74, 6) is -0.522. The maximum Gasteiger partial charge on any atom is 0.344 e. The lowest BCUT2D eigenvalue weighted by Gasteiger charge is -2.28. The molecule has 0 bridgehead atoms. The molecule has 4 rings (SSSR count). The molecule has 2 aliphatic rings. The highest BCUT2D eigenvalue weighted by Crippen LogP contribution is 2.38. The average Bonchev–Trinajstić information content (AvgIpc) is 3.12. The number of nitrogens with zero attached hydrogens (tertiary/aromatic N) is 3. The number of ether oxygens (including phenoxy) is 3. The molecule has 0 unspecified atom stereocenters. The molecule has 190 valence electrons. The van der Waals surface area contributed by atoms with Crippen LogP contribution in [-0.2, 0) is 19.1 Å². The van der Waals surface area contributed by atoms with E-state index < -0.39 is 5.97 Å². The molecule has 0 radical (unpaired) electrons. The van der Waals surface area contributed by atoms with Crippen molar-refractivity contribution in [2.75, 3.05) is 51.5 Å². The topological polar surface area (TPSA) is 80.7 Å². The van der Waals surface area contributed by atoms with Gasteiger partial charge in [-0.1, -0.05) is 23.2 Å². The molecule has 2 saturated heterocycles. The van der Waals surface area contributed by atoms with Gasteiger partial charge < -0.3 is 19.1 Å². The van der Waals surface area contributed by atoms with Gasteiger partial charge in [0, 0.05) is 25.8 Å². The number of anilines is 1. The highest BCUT2D eigenvalue weighted by molar-refractivity contribution is 8.18. The van der Waals surface area contributed by atoms with Crippen LogP contribution < -0.4 is 9.64 Å². The summed E-state index contributed by atoms with van der Waals surface area (Å²) in [6.45, 7) is 4.83. The van der Waals surface area contributed by atoms with E-state index in [4.69, 9.17) is 37.4 Å². The lowest BCUT2D eigenvalue weighted by Crippen LogP contribution is -2.36. The lowest BCUT2D eigenvalue weighted by atomic mass is 10.2. The molecule has 2 fully saturated rings. The molecule has 0 spiro atoms. The number of carbonyl (C=O) groups excluding carboxylic acids is 2. The van der Waals surface area contributed by atoms with Crippen LogP contribution in [0.15, 0.2) is 46.3 Å². The molecule has 2 heterocycles. The molecule has 0 aliphatic carbocycles. The second-order valence-corrected chi connectivity index (χ2v) is 9.72. The fourth-order valence-corrected chi connectivity index (χ4v) is 5.21. The van der Waals surface area contributed by atoms with Crippen LogP contribution in [0.5, 0.6) is 5.75 Å². The number of aliphatic imine (C=N–C) groups is 1. The fourth-order valence-electron chi connectivity index (χ4n) is 3.61. The molecular formula is C25H25Cl2N3O5S. The summed E-state index contributed by atoms with van der Waals surface area (Å²) in [7, 11) is 1.68. The third kappa shape index (κ3) is 6.34. The normalized spacial score (nSPS) is 18.3. The van der Waals surface area contributed by atoms with E-state index >= 15 is 0 Å². The highest BCUT2D eigenvalue weighted by atomic mass is 35.5. The number of amides is 1. The van der Waals surface area contributed by atoms with Gasteiger partial charge in [0.2, 0.25) is 0 Å². The molecule has 0 aromatic heterocycles. The van der Waals surface area contributed by atoms with Gasteiger partial charge in [0.1, 0.15) is 0 Å². The zero-order valence-electron chi connectivity index (χ0n) is 19.8. The van der Waals surface area contributed by atoms with Crippen molar-refractivity contribution in [2.45, 2.75) is 6.92 Å². The first-order valence-corrected chi connectivity index (χ1v) is 12.9. The van der Waals surface area contributed by atoms with Crippen molar-refractivity contribution in [3.8, 4) is 5.75 Å². The van der Waals surface area contributed by atoms with Crippen LogP contribution in [0.4, 0.5) is 11.4 Å². The summed E-state index contributed by atoms with van der Waals surface area (Å²) in [6.07, 6.45) is 1.69. The Bertz CT molecular complexity index is 1170. The van der Waals surface area contributed by atoms with Gasteiger partial charge in [0.25, 0.3) is 5.91 Å². The van der Waals surface area contributed by atoms with Gasteiger partial charge in [0.05, 0.1) is 40.5 Å². The van der Waals surface area contributed by atoms with E-state index in [1.165, 1.54) is 16.7 Å². The molecule has 11 heteroatoms. The Labute approximate surface area is 223 Å². The number of halogens is 2. The van der Waals surface area contributed by atoms with Crippen LogP contribution in [0, 0.1) is 0 Å². The second kappa shape index (κ2) is 12.0. The van der Waals surface area contributed by atoms with Gasteiger partial charge in [-0.05, 0) is 66.7 Å². The van der Waals surface area contributed by atoms with Gasteiger partial charge in [0.15, 0.2) is 17.5 Å².